The molecule has 22 rings (SSSR count). The van der Waals surface area contributed by atoms with Gasteiger partial charge in [-0.1, -0.05) is 285 Å². The van der Waals surface area contributed by atoms with Crippen LogP contribution in [0.5, 0.6) is 0 Å². The Bertz CT molecular complexity index is 5910. The molecule has 3 nitrogen and oxygen atoms in total. The zero-order valence-electron chi connectivity index (χ0n) is 52.3. The molecule has 0 radical (unpaired) electrons. The average Bonchev–Trinajstić information content (AvgIpc) is 1.38. The molecule has 0 atom stereocenters. The molecular weight excluding hydrogens is 1160 g/mol. The van der Waals surface area contributed by atoms with Crippen molar-refractivity contribution < 1.29 is 0 Å². The van der Waals surface area contributed by atoms with Gasteiger partial charge in [-0.3, -0.25) is 0 Å². The fourth-order valence-electron chi connectivity index (χ4n) is 19.0. The van der Waals surface area contributed by atoms with Crippen molar-refractivity contribution in [1.82, 2.24) is 4.57 Å². The molecule has 4 aliphatic carbocycles. The zero-order valence-corrected chi connectivity index (χ0v) is 52.3. The number of benzene rings is 15. The zero-order chi connectivity index (χ0) is 62.5. The molecule has 4 heteroatoms. The van der Waals surface area contributed by atoms with Gasteiger partial charge in [-0.05, 0) is 177 Å². The summed E-state index contributed by atoms with van der Waals surface area (Å²) in [5.74, 6) is 0. The molecule has 16 aromatic rings. The molecule has 0 N–H and O–H groups in total. The molecule has 0 unspecified atom stereocenters. The van der Waals surface area contributed by atoms with E-state index in [1.807, 2.05) is 0 Å². The van der Waals surface area contributed by atoms with Gasteiger partial charge in [0.15, 0.2) is 0 Å². The van der Waals surface area contributed by atoms with Crippen LogP contribution in [0.3, 0.4) is 0 Å². The van der Waals surface area contributed by atoms with Crippen molar-refractivity contribution in [2.45, 2.75) is 10.8 Å². The summed E-state index contributed by atoms with van der Waals surface area (Å²) < 4.78 is 2.54. The van der Waals surface area contributed by atoms with Crippen molar-refractivity contribution >= 4 is 79.0 Å². The molecular formula is C92H56BN3. The van der Waals surface area contributed by atoms with Crippen molar-refractivity contribution in [3.8, 4) is 72.4 Å². The molecule has 0 fully saturated rings. The van der Waals surface area contributed by atoms with Gasteiger partial charge in [-0.2, -0.15) is 0 Å². The maximum absolute atomic E-state index is 2.72. The summed E-state index contributed by atoms with van der Waals surface area (Å²) in [6.07, 6.45) is 0. The van der Waals surface area contributed by atoms with Crippen molar-refractivity contribution in [2.75, 3.05) is 9.80 Å². The molecule has 2 aliphatic heterocycles. The van der Waals surface area contributed by atoms with Crippen molar-refractivity contribution in [1.29, 1.82) is 0 Å². The van der Waals surface area contributed by atoms with Crippen LogP contribution in [0.4, 0.5) is 34.1 Å². The SMILES string of the molecule is c1ccc(-c2ccc3c(c2)B2c4cc(-c5ccccc5)ccc4N(c4cccc5c4C4(c6ccccc6-c6ccccc64)c4ccccc4-5)c4cc(-n5c6ccccc6c6ccccc65)cc(c42)N3c2ccc3c(c2)-c2ccccc2C32c3ccccc3-c3ccccc32)cc1. The predicted octanol–water partition coefficient (Wildman–Crippen LogP) is 20.9. The van der Waals surface area contributed by atoms with Crippen LogP contribution in [-0.4, -0.2) is 11.3 Å². The van der Waals surface area contributed by atoms with Crippen LogP contribution in [0.25, 0.3) is 94.3 Å². The monoisotopic (exact) mass is 1210 g/mol. The number of hydrogen-bond donors (Lipinski definition) is 0. The predicted molar refractivity (Wildman–Crippen MR) is 398 cm³/mol. The summed E-state index contributed by atoms with van der Waals surface area (Å²) in [6, 6.07) is 130. The highest BCUT2D eigenvalue weighted by molar-refractivity contribution is 7.00. The van der Waals surface area contributed by atoms with Gasteiger partial charge in [-0.25, -0.2) is 0 Å². The van der Waals surface area contributed by atoms with Gasteiger partial charge < -0.3 is 14.4 Å². The average molecular weight is 1210 g/mol. The van der Waals surface area contributed by atoms with Gasteiger partial charge in [0.25, 0.3) is 6.71 Å². The van der Waals surface area contributed by atoms with E-state index >= 15 is 0 Å². The number of hydrogen-bond acceptors (Lipinski definition) is 2. The summed E-state index contributed by atoms with van der Waals surface area (Å²) in [5.41, 5.74) is 38.6. The van der Waals surface area contributed by atoms with Gasteiger partial charge in [0, 0.05) is 44.8 Å². The van der Waals surface area contributed by atoms with Gasteiger partial charge in [-0.15, -0.1) is 0 Å². The molecule has 442 valence electrons. The molecule has 0 saturated carbocycles. The molecule has 0 saturated heterocycles. The smallest absolute Gasteiger partial charge is 0.252 e. The largest absolute Gasteiger partial charge is 0.311 e. The first-order valence-electron chi connectivity index (χ1n) is 33.7. The van der Waals surface area contributed by atoms with E-state index < -0.39 is 10.8 Å². The highest BCUT2D eigenvalue weighted by Gasteiger charge is 2.56. The van der Waals surface area contributed by atoms with E-state index in [1.54, 1.807) is 0 Å². The summed E-state index contributed by atoms with van der Waals surface area (Å²) in [6.45, 7) is -0.201. The summed E-state index contributed by atoms with van der Waals surface area (Å²) >= 11 is 0. The Morgan fingerprint density at radius 2 is 0.625 bits per heavy atom. The minimum atomic E-state index is -0.636. The normalized spacial score (nSPS) is 14.4. The molecule has 0 amide bonds. The lowest BCUT2D eigenvalue weighted by molar-refractivity contribution is 0.793. The van der Waals surface area contributed by atoms with E-state index in [4.69, 9.17) is 0 Å². The second-order valence-electron chi connectivity index (χ2n) is 26.9. The molecule has 3 heterocycles. The first kappa shape index (κ1) is 52.3. The minimum Gasteiger partial charge on any atom is -0.311 e. The van der Waals surface area contributed by atoms with E-state index in [0.29, 0.717) is 0 Å². The van der Waals surface area contributed by atoms with Gasteiger partial charge in [0.1, 0.15) is 0 Å². The van der Waals surface area contributed by atoms with Crippen LogP contribution >= 0.6 is 0 Å². The summed E-state index contributed by atoms with van der Waals surface area (Å²) in [5, 5.41) is 2.45. The highest BCUT2D eigenvalue weighted by atomic mass is 15.2. The van der Waals surface area contributed by atoms with Crippen LogP contribution in [0, 0.1) is 0 Å². The van der Waals surface area contributed by atoms with Crippen LogP contribution < -0.4 is 26.2 Å². The molecule has 15 aromatic carbocycles. The molecule has 6 aliphatic rings. The van der Waals surface area contributed by atoms with Crippen LogP contribution in [0.1, 0.15) is 44.5 Å². The number of nitrogens with zero attached hydrogens (tertiary/aromatic N) is 3. The lowest BCUT2D eigenvalue weighted by Crippen LogP contribution is -2.61. The third kappa shape index (κ3) is 6.58. The Morgan fingerprint density at radius 1 is 0.229 bits per heavy atom. The number of fused-ring (bicyclic) bond motifs is 27. The van der Waals surface area contributed by atoms with Crippen molar-refractivity contribution in [3.63, 3.8) is 0 Å². The number of aromatic nitrogens is 1. The van der Waals surface area contributed by atoms with Crippen molar-refractivity contribution in [3.05, 3.63) is 384 Å². The maximum Gasteiger partial charge on any atom is 0.252 e. The van der Waals surface area contributed by atoms with E-state index in [-0.39, 0.29) is 6.71 Å². The van der Waals surface area contributed by atoms with E-state index in [9.17, 15) is 0 Å². The Labute approximate surface area is 557 Å². The Morgan fingerprint density at radius 3 is 1.14 bits per heavy atom. The number of rotatable bonds is 5. The Hall–Kier alpha value is -12.2. The molecule has 0 bridgehead atoms. The summed E-state index contributed by atoms with van der Waals surface area (Å²) in [7, 11) is 0. The number of para-hydroxylation sites is 2. The third-order valence-electron chi connectivity index (χ3n) is 22.6. The topological polar surface area (TPSA) is 11.4 Å². The lowest BCUT2D eigenvalue weighted by atomic mass is 9.33. The number of anilines is 6. The van der Waals surface area contributed by atoms with E-state index in [1.165, 1.54) is 149 Å². The molecule has 96 heavy (non-hydrogen) atoms. The van der Waals surface area contributed by atoms with Crippen molar-refractivity contribution in [2.24, 2.45) is 0 Å². The molecule has 1 aromatic heterocycles. The van der Waals surface area contributed by atoms with Crippen LogP contribution in [0.15, 0.2) is 340 Å². The summed E-state index contributed by atoms with van der Waals surface area (Å²) in [4.78, 5) is 5.37. The fourth-order valence-corrected chi connectivity index (χ4v) is 19.0. The minimum absolute atomic E-state index is 0.201. The van der Waals surface area contributed by atoms with Gasteiger partial charge in [0.05, 0.1) is 33.2 Å². The second kappa shape index (κ2) is 19.2. The first-order chi connectivity index (χ1) is 47.7. The standard InChI is InChI=1S/C92H56BN3/c1-3-24-57(25-4-1)59-46-50-84-80(52-59)93-81-53-60(58-26-5-2-6-27-58)47-51-85(81)96(86-45-23-36-71-67-32-11-20-42-78(67)92(89(71)86)76-40-18-9-30-65(76)66-31-10-19-41-77(66)92)88-56-62(95-82-43-21-13-34-69(82)70-35-14-22-44-83(70)95)55-87(90(88)93)94(84)61-48-49-79-72(54-61)68-33-12-17-39-75(68)91(79)73-37-15-7-28-63(73)64-29-8-16-38-74(64)91/h1-56H. The lowest BCUT2D eigenvalue weighted by Gasteiger charge is -2.46. The highest BCUT2D eigenvalue weighted by Crippen LogP contribution is 2.67. The quantitative estimate of drug-likeness (QED) is 0.159. The van der Waals surface area contributed by atoms with Gasteiger partial charge >= 0.3 is 0 Å². The molecule has 2 spiro atoms. The Balaban J connectivity index is 0.888. The first-order valence-corrected chi connectivity index (χ1v) is 33.7. The van der Waals surface area contributed by atoms with Gasteiger partial charge in [0.2, 0.25) is 0 Å². The van der Waals surface area contributed by atoms with E-state index in [0.717, 1.165) is 39.8 Å². The van der Waals surface area contributed by atoms with Crippen LogP contribution in [-0.2, 0) is 10.8 Å². The fraction of sp³-hybridized carbons (Fsp3) is 0.0217. The second-order valence-corrected chi connectivity index (χ2v) is 26.9. The van der Waals surface area contributed by atoms with E-state index in [2.05, 4.69) is 354 Å². The maximum atomic E-state index is 2.72. The Kier molecular flexibility index (Phi) is 10.5. The third-order valence-corrected chi connectivity index (χ3v) is 22.6. The van der Waals surface area contributed by atoms with Crippen LogP contribution in [0.2, 0.25) is 0 Å².